The van der Waals surface area contributed by atoms with E-state index in [1.54, 1.807) is 0 Å². The Morgan fingerprint density at radius 2 is 1.48 bits per heavy atom. The van der Waals surface area contributed by atoms with E-state index in [1.165, 1.54) is 0 Å². The molecule has 33 heavy (non-hydrogen) atoms. The first-order valence-electron chi connectivity index (χ1n) is 11.4. The molecule has 1 aliphatic heterocycles. The molecule has 1 aliphatic rings. The molecule has 4 rings (SSSR count). The SMILES string of the molecule is CCCCCCOC(=O)c1ccccc1C1c2cc(Br)c(C)cc2Oc2cc(C)c(Br)cc21. The van der Waals surface area contributed by atoms with Crippen molar-refractivity contribution in [2.75, 3.05) is 6.61 Å². The van der Waals surface area contributed by atoms with Crippen LogP contribution in [-0.2, 0) is 4.74 Å². The monoisotopic (exact) mass is 570 g/mol. The van der Waals surface area contributed by atoms with Gasteiger partial charge < -0.3 is 9.47 Å². The van der Waals surface area contributed by atoms with E-state index in [0.717, 1.165) is 73.9 Å². The Balaban J connectivity index is 1.79. The number of aryl methyl sites for hydroxylation is 2. The fourth-order valence-corrected chi connectivity index (χ4v) is 5.02. The molecule has 0 amide bonds. The zero-order chi connectivity index (χ0) is 23.5. The van der Waals surface area contributed by atoms with Gasteiger partial charge in [-0.25, -0.2) is 4.79 Å². The maximum absolute atomic E-state index is 13.1. The molecule has 0 aliphatic carbocycles. The third-order valence-corrected chi connectivity index (χ3v) is 7.86. The van der Waals surface area contributed by atoms with E-state index in [4.69, 9.17) is 9.47 Å². The number of carbonyl (C=O) groups excluding carboxylic acids is 1. The predicted molar refractivity (Wildman–Crippen MR) is 140 cm³/mol. The van der Waals surface area contributed by atoms with Crippen LogP contribution in [0.25, 0.3) is 0 Å². The number of benzene rings is 3. The minimum absolute atomic E-state index is 0.151. The Labute approximate surface area is 212 Å². The van der Waals surface area contributed by atoms with Gasteiger partial charge in [-0.1, -0.05) is 76.2 Å². The van der Waals surface area contributed by atoms with Gasteiger partial charge in [-0.2, -0.15) is 0 Å². The van der Waals surface area contributed by atoms with E-state index in [9.17, 15) is 4.79 Å². The van der Waals surface area contributed by atoms with Crippen molar-refractivity contribution in [2.45, 2.75) is 52.4 Å². The highest BCUT2D eigenvalue weighted by Gasteiger charge is 2.32. The smallest absolute Gasteiger partial charge is 0.338 e. The molecule has 0 unspecified atom stereocenters. The highest BCUT2D eigenvalue weighted by molar-refractivity contribution is 9.10. The normalized spacial score (nSPS) is 12.6. The lowest BCUT2D eigenvalue weighted by Gasteiger charge is -2.31. The van der Waals surface area contributed by atoms with Gasteiger partial charge in [0.1, 0.15) is 11.5 Å². The molecule has 0 aromatic heterocycles. The van der Waals surface area contributed by atoms with Gasteiger partial charge in [0.15, 0.2) is 0 Å². The summed E-state index contributed by atoms with van der Waals surface area (Å²) in [7, 11) is 0. The molecule has 3 aromatic rings. The van der Waals surface area contributed by atoms with Crippen LogP contribution < -0.4 is 4.74 Å². The third-order valence-electron chi connectivity index (χ3n) is 6.15. The largest absolute Gasteiger partial charge is 0.462 e. The van der Waals surface area contributed by atoms with Crippen LogP contribution in [0.5, 0.6) is 11.5 Å². The third kappa shape index (κ3) is 5.04. The molecule has 3 aromatic carbocycles. The Hall–Kier alpha value is -2.11. The number of esters is 1. The topological polar surface area (TPSA) is 35.5 Å². The van der Waals surface area contributed by atoms with Crippen molar-refractivity contribution in [3.05, 3.63) is 90.9 Å². The van der Waals surface area contributed by atoms with Crippen molar-refractivity contribution in [1.29, 1.82) is 0 Å². The van der Waals surface area contributed by atoms with Gasteiger partial charge in [-0.15, -0.1) is 0 Å². The molecular weight excluding hydrogens is 544 g/mol. The van der Waals surface area contributed by atoms with Crippen molar-refractivity contribution < 1.29 is 14.3 Å². The van der Waals surface area contributed by atoms with Crippen LogP contribution in [0.15, 0.2) is 57.5 Å². The predicted octanol–water partition coefficient (Wildman–Crippen LogP) is 8.85. The first kappa shape index (κ1) is 24.0. The lowest BCUT2D eigenvalue weighted by atomic mass is 9.80. The van der Waals surface area contributed by atoms with Gasteiger partial charge in [0.25, 0.3) is 0 Å². The summed E-state index contributed by atoms with van der Waals surface area (Å²) in [6.07, 6.45) is 4.28. The van der Waals surface area contributed by atoms with Crippen LogP contribution in [0.2, 0.25) is 0 Å². The highest BCUT2D eigenvalue weighted by Crippen LogP contribution is 2.50. The molecule has 0 spiro atoms. The first-order valence-corrected chi connectivity index (χ1v) is 13.0. The number of carbonyl (C=O) groups is 1. The molecule has 1 heterocycles. The zero-order valence-corrected chi connectivity index (χ0v) is 22.4. The second kappa shape index (κ2) is 10.4. The summed E-state index contributed by atoms with van der Waals surface area (Å²) in [5.74, 6) is 1.21. The molecule has 0 saturated carbocycles. The summed E-state index contributed by atoms with van der Waals surface area (Å²) in [5, 5.41) is 0. The van der Waals surface area contributed by atoms with Crippen molar-refractivity contribution in [3.63, 3.8) is 0 Å². The van der Waals surface area contributed by atoms with E-state index in [-0.39, 0.29) is 11.9 Å². The second-order valence-electron chi connectivity index (χ2n) is 8.60. The van der Waals surface area contributed by atoms with Crippen LogP contribution in [0, 0.1) is 13.8 Å². The fraction of sp³-hybridized carbons (Fsp3) is 0.321. The van der Waals surface area contributed by atoms with Gasteiger partial charge >= 0.3 is 5.97 Å². The molecule has 172 valence electrons. The molecule has 0 bridgehead atoms. The van der Waals surface area contributed by atoms with Crippen molar-refractivity contribution in [1.82, 2.24) is 0 Å². The van der Waals surface area contributed by atoms with Gasteiger partial charge in [0.2, 0.25) is 0 Å². The minimum Gasteiger partial charge on any atom is -0.462 e. The maximum Gasteiger partial charge on any atom is 0.338 e. The van der Waals surface area contributed by atoms with Gasteiger partial charge in [0.05, 0.1) is 12.2 Å². The summed E-state index contributed by atoms with van der Waals surface area (Å²) < 4.78 is 14.1. The fourth-order valence-electron chi connectivity index (χ4n) is 4.30. The molecule has 0 N–H and O–H groups in total. The first-order chi connectivity index (χ1) is 15.9. The number of fused-ring (bicyclic) bond motifs is 2. The van der Waals surface area contributed by atoms with Crippen LogP contribution in [-0.4, -0.2) is 12.6 Å². The maximum atomic E-state index is 13.1. The Kier molecular flexibility index (Phi) is 7.60. The molecule has 5 heteroatoms. The Morgan fingerprint density at radius 1 is 0.879 bits per heavy atom. The molecule has 0 radical (unpaired) electrons. The van der Waals surface area contributed by atoms with Gasteiger partial charge in [-0.3, -0.25) is 0 Å². The van der Waals surface area contributed by atoms with Crippen molar-refractivity contribution in [3.8, 4) is 11.5 Å². The molecule has 3 nitrogen and oxygen atoms in total. The summed E-state index contributed by atoms with van der Waals surface area (Å²) in [6.45, 7) is 6.72. The van der Waals surface area contributed by atoms with Crippen LogP contribution >= 0.6 is 31.9 Å². The summed E-state index contributed by atoms with van der Waals surface area (Å²) in [5.41, 5.74) is 5.78. The minimum atomic E-state index is -0.269. The quantitative estimate of drug-likeness (QED) is 0.164. The molecule has 0 saturated heterocycles. The lowest BCUT2D eigenvalue weighted by molar-refractivity contribution is 0.0496. The van der Waals surface area contributed by atoms with Crippen molar-refractivity contribution >= 4 is 37.8 Å². The second-order valence-corrected chi connectivity index (χ2v) is 10.3. The van der Waals surface area contributed by atoms with Crippen LogP contribution in [0.3, 0.4) is 0 Å². The zero-order valence-electron chi connectivity index (χ0n) is 19.2. The van der Waals surface area contributed by atoms with Crippen LogP contribution in [0.4, 0.5) is 0 Å². The Bertz CT molecular complexity index is 1130. The van der Waals surface area contributed by atoms with Gasteiger partial charge in [0, 0.05) is 26.0 Å². The number of hydrogen-bond acceptors (Lipinski definition) is 3. The van der Waals surface area contributed by atoms with E-state index in [2.05, 4.69) is 76.9 Å². The van der Waals surface area contributed by atoms with E-state index in [1.807, 2.05) is 24.3 Å². The summed E-state index contributed by atoms with van der Waals surface area (Å²) in [6, 6.07) is 16.1. The molecule has 0 fully saturated rings. The van der Waals surface area contributed by atoms with E-state index < -0.39 is 0 Å². The average molecular weight is 572 g/mol. The number of hydrogen-bond donors (Lipinski definition) is 0. The van der Waals surface area contributed by atoms with Crippen molar-refractivity contribution in [2.24, 2.45) is 0 Å². The highest BCUT2D eigenvalue weighted by atomic mass is 79.9. The standard InChI is InChI=1S/C28H28Br2O3/c1-4-5-6-9-12-32-28(31)20-11-8-7-10-19(20)27-21-15-23(29)17(2)13-25(21)33-26-14-18(3)24(30)16-22(26)27/h7-8,10-11,13-16,27H,4-6,9,12H2,1-3H3. The number of rotatable bonds is 7. The number of unbranched alkanes of at least 4 members (excludes halogenated alkanes) is 3. The molecular formula is C28H28Br2O3. The number of halogens is 2. The summed E-state index contributed by atoms with van der Waals surface area (Å²) in [4.78, 5) is 13.1. The van der Waals surface area contributed by atoms with Crippen LogP contribution in [0.1, 0.15) is 76.7 Å². The van der Waals surface area contributed by atoms with E-state index in [0.29, 0.717) is 12.2 Å². The number of ether oxygens (including phenoxy) is 2. The average Bonchev–Trinajstić information content (AvgIpc) is 2.80. The molecule has 0 atom stereocenters. The Morgan fingerprint density at radius 3 is 2.09 bits per heavy atom. The lowest BCUT2D eigenvalue weighted by Crippen LogP contribution is -2.17. The van der Waals surface area contributed by atoms with Gasteiger partial charge in [-0.05, 0) is 67.3 Å². The van der Waals surface area contributed by atoms with E-state index >= 15 is 0 Å². The summed E-state index contributed by atoms with van der Waals surface area (Å²) >= 11 is 7.37.